The fourth-order valence-electron chi connectivity index (χ4n) is 1.36. The number of benzene rings is 1. The molecule has 1 aromatic rings. The molecule has 5 heteroatoms. The van der Waals surface area contributed by atoms with Gasteiger partial charge in [0.25, 0.3) is 0 Å². The lowest BCUT2D eigenvalue weighted by Gasteiger charge is -2.16. The van der Waals surface area contributed by atoms with E-state index in [1.54, 1.807) is 6.92 Å². The molecule has 1 rings (SSSR count). The van der Waals surface area contributed by atoms with Crippen LogP contribution in [0, 0.1) is 11.6 Å². The highest BCUT2D eigenvalue weighted by Crippen LogP contribution is 2.36. The van der Waals surface area contributed by atoms with Crippen LogP contribution < -0.4 is 10.5 Å². The first-order valence-corrected chi connectivity index (χ1v) is 5.23. The van der Waals surface area contributed by atoms with Crippen LogP contribution in [0.2, 0.25) is 0 Å². The van der Waals surface area contributed by atoms with Gasteiger partial charge in [-0.15, -0.1) is 0 Å². The number of hydrogen-bond donors (Lipinski definition) is 1. The first-order chi connectivity index (χ1) is 7.02. The molecular formula is C10H12BrF2NO. The van der Waals surface area contributed by atoms with Gasteiger partial charge in [0.05, 0.1) is 11.6 Å². The minimum absolute atomic E-state index is 0.173. The Bertz CT molecular complexity index is 371. The molecule has 15 heavy (non-hydrogen) atoms. The third kappa shape index (κ3) is 2.29. The van der Waals surface area contributed by atoms with Gasteiger partial charge < -0.3 is 10.5 Å². The summed E-state index contributed by atoms with van der Waals surface area (Å²) in [5, 5.41) is 0. The lowest BCUT2D eigenvalue weighted by atomic mass is 9.99. The molecule has 1 atom stereocenters. The van der Waals surface area contributed by atoms with Crippen LogP contribution in [0.5, 0.6) is 5.75 Å². The number of ether oxygens (including phenoxy) is 1. The van der Waals surface area contributed by atoms with Crippen LogP contribution >= 0.6 is 15.9 Å². The maximum atomic E-state index is 13.5. The van der Waals surface area contributed by atoms with Gasteiger partial charge >= 0.3 is 0 Å². The quantitative estimate of drug-likeness (QED) is 0.864. The predicted molar refractivity (Wildman–Crippen MR) is 58.1 cm³/mol. The third-order valence-electron chi connectivity index (χ3n) is 2.21. The van der Waals surface area contributed by atoms with Gasteiger partial charge in [-0.25, -0.2) is 8.78 Å². The Balaban J connectivity index is 3.43. The van der Waals surface area contributed by atoms with E-state index in [0.717, 1.165) is 6.07 Å². The van der Waals surface area contributed by atoms with Gasteiger partial charge in [0, 0.05) is 11.5 Å². The Labute approximate surface area is 95.5 Å². The van der Waals surface area contributed by atoms with Gasteiger partial charge in [0.15, 0.2) is 11.6 Å². The maximum absolute atomic E-state index is 13.5. The van der Waals surface area contributed by atoms with Gasteiger partial charge in [-0.05, 0) is 28.5 Å². The van der Waals surface area contributed by atoms with E-state index in [4.69, 9.17) is 10.5 Å². The van der Waals surface area contributed by atoms with Crippen molar-refractivity contribution in [3.05, 3.63) is 27.7 Å². The molecule has 0 fully saturated rings. The van der Waals surface area contributed by atoms with Crippen molar-refractivity contribution in [1.29, 1.82) is 0 Å². The normalized spacial score (nSPS) is 12.7. The Morgan fingerprint density at radius 1 is 1.53 bits per heavy atom. The number of nitrogens with two attached hydrogens (primary N) is 1. The molecule has 0 heterocycles. The second-order valence-electron chi connectivity index (χ2n) is 3.24. The molecule has 0 radical (unpaired) electrons. The summed E-state index contributed by atoms with van der Waals surface area (Å²) in [7, 11) is 1.41. The zero-order valence-electron chi connectivity index (χ0n) is 8.48. The Hall–Kier alpha value is -0.680. The summed E-state index contributed by atoms with van der Waals surface area (Å²) >= 11 is 3.12. The zero-order chi connectivity index (χ0) is 11.6. The standard InChI is InChI=1S/C10H12BrF2NO/c1-5(4-14)8-9(13)7(12)3-6(11)10(8)15-2/h3,5H,4,14H2,1-2H3. The molecule has 0 bridgehead atoms. The smallest absolute Gasteiger partial charge is 0.166 e. The van der Waals surface area contributed by atoms with Crippen molar-refractivity contribution in [2.24, 2.45) is 5.73 Å². The molecule has 2 nitrogen and oxygen atoms in total. The number of rotatable bonds is 3. The topological polar surface area (TPSA) is 35.2 Å². The summed E-state index contributed by atoms with van der Waals surface area (Å²) < 4.78 is 32.1. The van der Waals surface area contributed by atoms with E-state index in [2.05, 4.69) is 15.9 Å². The molecule has 0 aliphatic rings. The van der Waals surface area contributed by atoms with Gasteiger partial charge in [-0.3, -0.25) is 0 Å². The van der Waals surface area contributed by atoms with Crippen LogP contribution in [0.1, 0.15) is 18.4 Å². The number of halogens is 3. The molecule has 0 saturated heterocycles. The van der Waals surface area contributed by atoms with Crippen LogP contribution in [0.3, 0.4) is 0 Å². The molecule has 1 aromatic carbocycles. The highest BCUT2D eigenvalue weighted by Gasteiger charge is 2.21. The van der Waals surface area contributed by atoms with Crippen molar-refractivity contribution in [2.75, 3.05) is 13.7 Å². The van der Waals surface area contributed by atoms with Crippen molar-refractivity contribution in [1.82, 2.24) is 0 Å². The van der Waals surface area contributed by atoms with E-state index in [1.165, 1.54) is 7.11 Å². The summed E-state index contributed by atoms with van der Waals surface area (Å²) in [6.45, 7) is 1.94. The van der Waals surface area contributed by atoms with Gasteiger partial charge in [0.1, 0.15) is 5.75 Å². The molecular weight excluding hydrogens is 268 g/mol. The second-order valence-corrected chi connectivity index (χ2v) is 4.09. The maximum Gasteiger partial charge on any atom is 0.166 e. The van der Waals surface area contributed by atoms with E-state index in [0.29, 0.717) is 10.2 Å². The molecule has 0 aliphatic carbocycles. The van der Waals surface area contributed by atoms with E-state index in [1.807, 2.05) is 0 Å². The molecule has 1 unspecified atom stereocenters. The largest absolute Gasteiger partial charge is 0.495 e. The number of hydrogen-bond acceptors (Lipinski definition) is 2. The minimum atomic E-state index is -0.905. The predicted octanol–water partition coefficient (Wildman–Crippen LogP) is 2.80. The van der Waals surface area contributed by atoms with Crippen molar-refractivity contribution >= 4 is 15.9 Å². The van der Waals surface area contributed by atoms with Crippen molar-refractivity contribution in [3.63, 3.8) is 0 Å². The monoisotopic (exact) mass is 279 g/mol. The average molecular weight is 280 g/mol. The Morgan fingerprint density at radius 3 is 2.60 bits per heavy atom. The average Bonchev–Trinajstić information content (AvgIpc) is 2.21. The van der Waals surface area contributed by atoms with Crippen LogP contribution in [-0.2, 0) is 0 Å². The Morgan fingerprint density at radius 2 is 2.13 bits per heavy atom. The molecule has 0 aliphatic heterocycles. The fourth-order valence-corrected chi connectivity index (χ4v) is 1.94. The van der Waals surface area contributed by atoms with Crippen LogP contribution in [0.15, 0.2) is 10.5 Å². The van der Waals surface area contributed by atoms with E-state index >= 15 is 0 Å². The summed E-state index contributed by atoms with van der Waals surface area (Å²) in [5.41, 5.74) is 5.61. The summed E-state index contributed by atoms with van der Waals surface area (Å²) in [4.78, 5) is 0. The minimum Gasteiger partial charge on any atom is -0.495 e. The van der Waals surface area contributed by atoms with Crippen LogP contribution in [0.25, 0.3) is 0 Å². The van der Waals surface area contributed by atoms with Crippen molar-refractivity contribution < 1.29 is 13.5 Å². The summed E-state index contributed by atoms with van der Waals surface area (Å²) in [6, 6.07) is 1.04. The molecule has 0 amide bonds. The SMILES string of the molecule is COc1c(Br)cc(F)c(F)c1C(C)CN. The van der Waals surface area contributed by atoms with E-state index < -0.39 is 11.6 Å². The first kappa shape index (κ1) is 12.4. The highest BCUT2D eigenvalue weighted by atomic mass is 79.9. The highest BCUT2D eigenvalue weighted by molar-refractivity contribution is 9.10. The molecule has 0 saturated carbocycles. The Kier molecular flexibility index (Phi) is 4.04. The van der Waals surface area contributed by atoms with Gasteiger partial charge in [-0.2, -0.15) is 0 Å². The summed E-state index contributed by atoms with van der Waals surface area (Å²) in [5.74, 6) is -1.80. The second kappa shape index (κ2) is 4.90. The van der Waals surface area contributed by atoms with E-state index in [-0.39, 0.29) is 18.0 Å². The molecule has 0 aromatic heterocycles. The lowest BCUT2D eigenvalue weighted by Crippen LogP contribution is -2.13. The third-order valence-corrected chi connectivity index (χ3v) is 2.80. The number of methoxy groups -OCH3 is 1. The van der Waals surface area contributed by atoms with Crippen LogP contribution in [-0.4, -0.2) is 13.7 Å². The fraction of sp³-hybridized carbons (Fsp3) is 0.400. The first-order valence-electron chi connectivity index (χ1n) is 4.44. The van der Waals surface area contributed by atoms with Gasteiger partial charge in [0.2, 0.25) is 0 Å². The van der Waals surface area contributed by atoms with Crippen LogP contribution in [0.4, 0.5) is 8.78 Å². The van der Waals surface area contributed by atoms with Crippen molar-refractivity contribution in [3.8, 4) is 5.75 Å². The van der Waals surface area contributed by atoms with Gasteiger partial charge in [-0.1, -0.05) is 6.92 Å². The van der Waals surface area contributed by atoms with E-state index in [9.17, 15) is 8.78 Å². The molecule has 84 valence electrons. The molecule has 0 spiro atoms. The summed E-state index contributed by atoms with van der Waals surface area (Å²) in [6.07, 6.45) is 0. The molecule has 2 N–H and O–H groups in total. The lowest BCUT2D eigenvalue weighted by molar-refractivity contribution is 0.390. The zero-order valence-corrected chi connectivity index (χ0v) is 10.1. The van der Waals surface area contributed by atoms with Crippen molar-refractivity contribution in [2.45, 2.75) is 12.8 Å².